The van der Waals surface area contributed by atoms with Gasteiger partial charge in [-0.1, -0.05) is 72.8 Å². The first kappa shape index (κ1) is 25.7. The minimum atomic E-state index is 0.0158. The summed E-state index contributed by atoms with van der Waals surface area (Å²) in [5.74, 6) is 0.0316. The predicted octanol–water partition coefficient (Wildman–Crippen LogP) is 5.28. The maximum Gasteiger partial charge on any atom is 0.254 e. The standard InChI is InChI=1S/C34H34N4O2/c39-33(37-23-19-35(20-24-37)27-11-3-1-4-12-27)31-17-9-7-15-29(31)30-16-8-10-18-32(30)34(40)38-25-21-36(22-26-38)28-13-5-2-6-14-28/h1-18H,19-26H2. The first-order chi connectivity index (χ1) is 19.7. The van der Waals surface area contributed by atoms with Crippen molar-refractivity contribution in [2.75, 3.05) is 62.2 Å². The summed E-state index contributed by atoms with van der Waals surface area (Å²) in [6, 6.07) is 36.1. The second-order valence-electron chi connectivity index (χ2n) is 10.3. The molecule has 0 radical (unpaired) electrons. The highest BCUT2D eigenvalue weighted by Gasteiger charge is 2.27. The maximum absolute atomic E-state index is 13.8. The van der Waals surface area contributed by atoms with Crippen molar-refractivity contribution in [2.45, 2.75) is 0 Å². The molecule has 0 bridgehead atoms. The Morgan fingerprint density at radius 3 is 1.10 bits per heavy atom. The van der Waals surface area contributed by atoms with Gasteiger partial charge in [-0.25, -0.2) is 0 Å². The molecule has 2 amide bonds. The van der Waals surface area contributed by atoms with Crippen LogP contribution in [0.4, 0.5) is 11.4 Å². The molecule has 2 aliphatic rings. The average molecular weight is 531 g/mol. The van der Waals surface area contributed by atoms with Crippen molar-refractivity contribution in [3.05, 3.63) is 120 Å². The lowest BCUT2D eigenvalue weighted by Crippen LogP contribution is -2.49. The average Bonchev–Trinajstić information content (AvgIpc) is 3.05. The van der Waals surface area contributed by atoms with Gasteiger partial charge in [0.05, 0.1) is 0 Å². The highest BCUT2D eigenvalue weighted by molar-refractivity contribution is 6.06. The number of hydrogen-bond acceptors (Lipinski definition) is 4. The van der Waals surface area contributed by atoms with Crippen LogP contribution in [0, 0.1) is 0 Å². The van der Waals surface area contributed by atoms with E-state index < -0.39 is 0 Å². The highest BCUT2D eigenvalue weighted by Crippen LogP contribution is 2.30. The number of amides is 2. The molecular formula is C34H34N4O2. The molecule has 40 heavy (non-hydrogen) atoms. The van der Waals surface area contributed by atoms with Gasteiger partial charge in [-0.15, -0.1) is 0 Å². The quantitative estimate of drug-likeness (QED) is 0.352. The molecule has 2 aliphatic heterocycles. The molecule has 0 atom stereocenters. The molecule has 202 valence electrons. The van der Waals surface area contributed by atoms with Crippen LogP contribution in [0.1, 0.15) is 20.7 Å². The van der Waals surface area contributed by atoms with E-state index in [-0.39, 0.29) is 11.8 Å². The molecule has 2 saturated heterocycles. The smallest absolute Gasteiger partial charge is 0.254 e. The first-order valence-corrected chi connectivity index (χ1v) is 14.1. The fourth-order valence-electron chi connectivity index (χ4n) is 5.76. The molecular weight excluding hydrogens is 496 g/mol. The van der Waals surface area contributed by atoms with Crippen LogP contribution < -0.4 is 9.80 Å². The third-order valence-electron chi connectivity index (χ3n) is 7.98. The zero-order valence-corrected chi connectivity index (χ0v) is 22.7. The van der Waals surface area contributed by atoms with Gasteiger partial charge in [0.2, 0.25) is 0 Å². The Morgan fingerprint density at radius 2 is 0.725 bits per heavy atom. The van der Waals surface area contributed by atoms with Gasteiger partial charge in [0.25, 0.3) is 11.8 Å². The fourth-order valence-corrected chi connectivity index (χ4v) is 5.76. The van der Waals surface area contributed by atoms with E-state index >= 15 is 0 Å². The van der Waals surface area contributed by atoms with Gasteiger partial charge in [-0.2, -0.15) is 0 Å². The van der Waals surface area contributed by atoms with Crippen molar-refractivity contribution >= 4 is 23.2 Å². The summed E-state index contributed by atoms with van der Waals surface area (Å²) in [4.78, 5) is 36.1. The summed E-state index contributed by atoms with van der Waals surface area (Å²) in [6.07, 6.45) is 0. The summed E-state index contributed by atoms with van der Waals surface area (Å²) < 4.78 is 0. The van der Waals surface area contributed by atoms with E-state index in [4.69, 9.17) is 0 Å². The molecule has 6 heteroatoms. The van der Waals surface area contributed by atoms with Crippen molar-refractivity contribution in [3.63, 3.8) is 0 Å². The van der Waals surface area contributed by atoms with Crippen molar-refractivity contribution in [1.29, 1.82) is 0 Å². The molecule has 2 heterocycles. The number of hydrogen-bond donors (Lipinski definition) is 0. The normalized spacial score (nSPS) is 15.7. The van der Waals surface area contributed by atoms with Crippen LogP contribution in [0.3, 0.4) is 0 Å². The van der Waals surface area contributed by atoms with E-state index in [0.29, 0.717) is 37.3 Å². The Balaban J connectivity index is 1.19. The van der Waals surface area contributed by atoms with E-state index in [2.05, 4.69) is 34.1 Å². The number of piperazine rings is 2. The van der Waals surface area contributed by atoms with Gasteiger partial charge in [0.1, 0.15) is 0 Å². The van der Waals surface area contributed by atoms with Gasteiger partial charge in [-0.05, 0) is 47.5 Å². The van der Waals surface area contributed by atoms with Gasteiger partial charge in [-0.3, -0.25) is 9.59 Å². The Labute approximate surface area is 236 Å². The second kappa shape index (κ2) is 11.7. The van der Waals surface area contributed by atoms with Crippen molar-refractivity contribution in [2.24, 2.45) is 0 Å². The minimum absolute atomic E-state index is 0.0158. The van der Waals surface area contributed by atoms with Crippen molar-refractivity contribution in [3.8, 4) is 11.1 Å². The number of nitrogens with zero attached hydrogens (tertiary/aromatic N) is 4. The predicted molar refractivity (Wildman–Crippen MR) is 161 cm³/mol. The largest absolute Gasteiger partial charge is 0.368 e. The maximum atomic E-state index is 13.8. The van der Waals surface area contributed by atoms with Crippen LogP contribution in [0.2, 0.25) is 0 Å². The summed E-state index contributed by atoms with van der Waals surface area (Å²) in [6.45, 7) is 5.82. The molecule has 4 aromatic carbocycles. The van der Waals surface area contributed by atoms with Crippen LogP contribution in [-0.4, -0.2) is 74.0 Å². The third-order valence-corrected chi connectivity index (χ3v) is 7.98. The number of para-hydroxylation sites is 2. The van der Waals surface area contributed by atoms with E-state index in [1.54, 1.807) is 0 Å². The highest BCUT2D eigenvalue weighted by atomic mass is 16.2. The molecule has 0 aromatic heterocycles. The fraction of sp³-hybridized carbons (Fsp3) is 0.235. The monoisotopic (exact) mass is 530 g/mol. The number of carbonyl (C=O) groups is 2. The minimum Gasteiger partial charge on any atom is -0.368 e. The van der Waals surface area contributed by atoms with Crippen LogP contribution in [0.25, 0.3) is 11.1 Å². The number of rotatable bonds is 5. The van der Waals surface area contributed by atoms with E-state index in [9.17, 15) is 9.59 Å². The zero-order chi connectivity index (χ0) is 27.3. The van der Waals surface area contributed by atoms with Crippen molar-refractivity contribution < 1.29 is 9.59 Å². The Morgan fingerprint density at radius 1 is 0.400 bits per heavy atom. The second-order valence-corrected chi connectivity index (χ2v) is 10.3. The third kappa shape index (κ3) is 5.30. The topological polar surface area (TPSA) is 47.1 Å². The lowest BCUT2D eigenvalue weighted by atomic mass is 9.93. The summed E-state index contributed by atoms with van der Waals surface area (Å²) >= 11 is 0. The molecule has 6 nitrogen and oxygen atoms in total. The SMILES string of the molecule is O=C(c1ccccc1-c1ccccc1C(=O)N1CCN(c2ccccc2)CC1)N1CCN(c2ccccc2)CC1. The summed E-state index contributed by atoms with van der Waals surface area (Å²) in [7, 11) is 0. The van der Waals surface area contributed by atoms with Gasteiger partial charge in [0, 0.05) is 74.9 Å². The summed E-state index contributed by atoms with van der Waals surface area (Å²) in [5.41, 5.74) is 5.28. The first-order valence-electron chi connectivity index (χ1n) is 14.1. The molecule has 2 fully saturated rings. The van der Waals surface area contributed by atoms with E-state index in [1.165, 1.54) is 11.4 Å². The number of anilines is 2. The van der Waals surface area contributed by atoms with Crippen LogP contribution >= 0.6 is 0 Å². The Kier molecular flexibility index (Phi) is 7.49. The molecule has 0 N–H and O–H groups in total. The van der Waals surface area contributed by atoms with Crippen LogP contribution in [-0.2, 0) is 0 Å². The van der Waals surface area contributed by atoms with Crippen molar-refractivity contribution in [1.82, 2.24) is 9.80 Å². The lowest BCUT2D eigenvalue weighted by molar-refractivity contribution is 0.0737. The Bertz CT molecular complexity index is 1340. The number of carbonyl (C=O) groups excluding carboxylic acids is 2. The Hall–Kier alpha value is -4.58. The molecule has 0 aliphatic carbocycles. The summed E-state index contributed by atoms with van der Waals surface area (Å²) in [5, 5.41) is 0. The molecule has 0 saturated carbocycles. The van der Waals surface area contributed by atoms with E-state index in [1.807, 2.05) is 94.7 Å². The van der Waals surface area contributed by atoms with Crippen LogP contribution in [0.5, 0.6) is 0 Å². The van der Waals surface area contributed by atoms with E-state index in [0.717, 1.165) is 37.3 Å². The van der Waals surface area contributed by atoms with Crippen LogP contribution in [0.15, 0.2) is 109 Å². The van der Waals surface area contributed by atoms with Gasteiger partial charge < -0.3 is 19.6 Å². The molecule has 4 aromatic rings. The van der Waals surface area contributed by atoms with Gasteiger partial charge >= 0.3 is 0 Å². The molecule has 0 unspecified atom stereocenters. The number of benzene rings is 4. The molecule has 6 rings (SSSR count). The lowest BCUT2D eigenvalue weighted by Gasteiger charge is -2.37. The van der Waals surface area contributed by atoms with Gasteiger partial charge in [0.15, 0.2) is 0 Å². The molecule has 0 spiro atoms. The zero-order valence-electron chi connectivity index (χ0n) is 22.7.